The number of aromatic nitrogens is 2. The summed E-state index contributed by atoms with van der Waals surface area (Å²) in [5.74, 6) is -1.10. The highest BCUT2D eigenvalue weighted by Crippen LogP contribution is 2.42. The molecule has 1 aromatic heterocycles. The van der Waals surface area contributed by atoms with Gasteiger partial charge >= 0.3 is 25.8 Å². The third-order valence-corrected chi connectivity index (χ3v) is 8.08. The van der Waals surface area contributed by atoms with E-state index in [0.29, 0.717) is 0 Å². The summed E-state index contributed by atoms with van der Waals surface area (Å²) in [7, 11) is -2.98. The van der Waals surface area contributed by atoms with Gasteiger partial charge in [0.25, 0.3) is 5.56 Å². The molecule has 2 heterocycles. The average Bonchev–Trinajstić information content (AvgIpc) is 3.27. The normalized spacial score (nSPS) is 21.8. The first-order valence-electron chi connectivity index (χ1n) is 14.3. The summed E-state index contributed by atoms with van der Waals surface area (Å²) < 4.78 is 51.0. The van der Waals surface area contributed by atoms with Crippen molar-refractivity contribution in [3.8, 4) is 5.75 Å². The third-order valence-electron chi connectivity index (χ3n) is 6.96. The number of nitrogens with one attached hydrogen (secondary N) is 1. The molecule has 1 saturated heterocycles. The standard InChI is InChI=1S/C30H33FN3O11P/c1-20(27(38)41-17-9-14-25(36)42-18-21-10-5-3-6-11-21)34(45-22-12-7-4-8-13-22)46(40)43-19-23-26(37)30(2,31)28(44-23)33-16-15-24(35)32-29(33)39/h3-8,10-13,15-16,20,23,26,28,37H,9,14,17-19H2,1-2H3/p+1/t20?,23-,26-,28-,30-/m1/s1. The van der Waals surface area contributed by atoms with E-state index in [4.69, 9.17) is 23.6 Å². The molecule has 2 aromatic carbocycles. The molecule has 2 unspecified atom stereocenters. The number of carbonyl (C=O) groups excluding carboxylic acids is 2. The molecule has 0 amide bonds. The van der Waals surface area contributed by atoms with Gasteiger partial charge in [0.1, 0.15) is 30.3 Å². The van der Waals surface area contributed by atoms with E-state index >= 15 is 4.39 Å². The second-order valence-electron chi connectivity index (χ2n) is 10.5. The number of nitrogens with zero attached hydrogens (tertiary/aromatic N) is 2. The van der Waals surface area contributed by atoms with E-state index in [1.54, 1.807) is 30.3 Å². The number of hydroxylamine groups is 1. The van der Waals surface area contributed by atoms with Crippen molar-refractivity contribution in [3.63, 3.8) is 0 Å². The summed E-state index contributed by atoms with van der Waals surface area (Å²) in [4.78, 5) is 57.0. The predicted octanol–water partition coefficient (Wildman–Crippen LogP) is 2.95. The van der Waals surface area contributed by atoms with Crippen molar-refractivity contribution in [3.05, 3.63) is 99.3 Å². The van der Waals surface area contributed by atoms with Crippen molar-refractivity contribution >= 4 is 20.1 Å². The molecule has 0 aliphatic carbocycles. The Kier molecular flexibility index (Phi) is 11.9. The Morgan fingerprint density at radius 1 is 1.11 bits per heavy atom. The molecule has 6 atom stereocenters. The van der Waals surface area contributed by atoms with Crippen LogP contribution in [0.4, 0.5) is 4.39 Å². The van der Waals surface area contributed by atoms with Crippen molar-refractivity contribution in [1.29, 1.82) is 0 Å². The van der Waals surface area contributed by atoms with Gasteiger partial charge in [-0.15, -0.1) is 4.52 Å². The number of carbonyl (C=O) groups is 2. The number of ether oxygens (including phenoxy) is 3. The van der Waals surface area contributed by atoms with Gasteiger partial charge < -0.3 is 24.2 Å². The lowest BCUT2D eigenvalue weighted by molar-refractivity contribution is -0.156. The highest BCUT2D eigenvalue weighted by Gasteiger charge is 2.56. The molecule has 2 N–H and O–H groups in total. The quantitative estimate of drug-likeness (QED) is 0.106. The van der Waals surface area contributed by atoms with E-state index < -0.39 is 68.1 Å². The minimum absolute atomic E-state index is 0.000510. The number of benzene rings is 2. The third kappa shape index (κ3) is 8.92. The number of aromatic amines is 1. The number of hydrogen-bond acceptors (Lipinski definition) is 11. The molecule has 0 spiro atoms. The van der Waals surface area contributed by atoms with Crippen molar-refractivity contribution in [2.75, 3.05) is 13.2 Å². The second kappa shape index (κ2) is 15.8. The summed E-state index contributed by atoms with van der Waals surface area (Å²) in [6.45, 7) is 1.71. The van der Waals surface area contributed by atoms with Gasteiger partial charge in [0, 0.05) is 18.7 Å². The molecular formula is C30H34FN3O11P+. The number of rotatable bonds is 15. The fraction of sp³-hybridized carbons (Fsp3) is 0.400. The maximum absolute atomic E-state index is 15.5. The molecular weight excluding hydrogens is 628 g/mol. The monoisotopic (exact) mass is 662 g/mol. The summed E-state index contributed by atoms with van der Waals surface area (Å²) in [6.07, 6.45) is -3.67. The molecule has 0 bridgehead atoms. The van der Waals surface area contributed by atoms with Gasteiger partial charge in [-0.1, -0.05) is 48.5 Å². The van der Waals surface area contributed by atoms with Crippen LogP contribution in [0.3, 0.4) is 0 Å². The van der Waals surface area contributed by atoms with Crippen LogP contribution in [0, 0.1) is 0 Å². The van der Waals surface area contributed by atoms with Crippen LogP contribution < -0.4 is 16.1 Å². The molecule has 4 rings (SSSR count). The molecule has 1 aliphatic rings. The van der Waals surface area contributed by atoms with Gasteiger partial charge in [-0.25, -0.2) is 9.18 Å². The number of alkyl halides is 1. The summed E-state index contributed by atoms with van der Waals surface area (Å²) in [5, 5.41) is 10.6. The van der Waals surface area contributed by atoms with Gasteiger partial charge in [0.15, 0.2) is 23.7 Å². The molecule has 1 fully saturated rings. The minimum atomic E-state index is -2.98. The van der Waals surface area contributed by atoms with Crippen LogP contribution in [0.2, 0.25) is 0 Å². The average molecular weight is 663 g/mol. The van der Waals surface area contributed by atoms with Crippen LogP contribution in [0.25, 0.3) is 0 Å². The van der Waals surface area contributed by atoms with E-state index in [1.807, 2.05) is 35.3 Å². The van der Waals surface area contributed by atoms with E-state index in [2.05, 4.69) is 0 Å². The zero-order chi connectivity index (χ0) is 33.3. The van der Waals surface area contributed by atoms with Crippen LogP contribution in [0.15, 0.2) is 82.5 Å². The molecule has 46 heavy (non-hydrogen) atoms. The summed E-state index contributed by atoms with van der Waals surface area (Å²) >= 11 is 0. The van der Waals surface area contributed by atoms with E-state index in [1.165, 1.54) is 6.92 Å². The van der Waals surface area contributed by atoms with E-state index in [-0.39, 0.29) is 31.8 Å². The molecule has 1 aliphatic heterocycles. The van der Waals surface area contributed by atoms with Gasteiger partial charge in [-0.2, -0.15) is 0 Å². The highest BCUT2D eigenvalue weighted by molar-refractivity contribution is 7.36. The van der Waals surface area contributed by atoms with Crippen LogP contribution in [0.1, 0.15) is 38.5 Å². The zero-order valence-corrected chi connectivity index (χ0v) is 25.9. The Morgan fingerprint density at radius 3 is 2.46 bits per heavy atom. The molecule has 14 nitrogen and oxygen atoms in total. The number of halogens is 1. The van der Waals surface area contributed by atoms with Crippen molar-refractivity contribution in [2.45, 2.75) is 63.4 Å². The van der Waals surface area contributed by atoms with Crippen LogP contribution in [-0.2, 0) is 39.5 Å². The number of H-pyrrole nitrogens is 1. The fourth-order valence-corrected chi connectivity index (χ4v) is 5.34. The van der Waals surface area contributed by atoms with E-state index in [9.17, 15) is 28.8 Å². The Bertz CT molecular complexity index is 1600. The first kappa shape index (κ1) is 34.6. The number of esters is 2. The lowest BCUT2D eigenvalue weighted by Crippen LogP contribution is -2.43. The maximum atomic E-state index is 15.5. The Labute approximate surface area is 263 Å². The first-order chi connectivity index (χ1) is 22.0. The predicted molar refractivity (Wildman–Crippen MR) is 159 cm³/mol. The molecule has 0 radical (unpaired) electrons. The van der Waals surface area contributed by atoms with Crippen LogP contribution in [-0.4, -0.2) is 68.6 Å². The van der Waals surface area contributed by atoms with Crippen molar-refractivity contribution in [1.82, 2.24) is 14.4 Å². The topological polar surface area (TPSA) is 176 Å². The number of aliphatic hydroxyl groups is 1. The smallest absolute Gasteiger partial charge is 0.464 e. The Balaban J connectivity index is 1.34. The number of hydrogen-bond donors (Lipinski definition) is 2. The Morgan fingerprint density at radius 2 is 1.78 bits per heavy atom. The molecule has 3 aromatic rings. The van der Waals surface area contributed by atoms with Gasteiger partial charge in [-0.05, 0) is 42.5 Å². The van der Waals surface area contributed by atoms with Gasteiger partial charge in [0.2, 0.25) is 0 Å². The van der Waals surface area contributed by atoms with E-state index in [0.717, 1.165) is 34.2 Å². The maximum Gasteiger partial charge on any atom is 0.653 e. The molecule has 16 heteroatoms. The van der Waals surface area contributed by atoms with Crippen LogP contribution in [0.5, 0.6) is 5.75 Å². The second-order valence-corrected chi connectivity index (χ2v) is 11.6. The van der Waals surface area contributed by atoms with Gasteiger partial charge in [0.05, 0.1) is 6.61 Å². The highest BCUT2D eigenvalue weighted by atomic mass is 31.1. The number of para-hydroxylation sites is 1. The largest absolute Gasteiger partial charge is 0.653 e. The molecule has 246 valence electrons. The minimum Gasteiger partial charge on any atom is -0.464 e. The number of aliphatic hydroxyl groups excluding tert-OH is 1. The fourth-order valence-electron chi connectivity index (χ4n) is 4.41. The van der Waals surface area contributed by atoms with Crippen molar-refractivity contribution in [2.24, 2.45) is 0 Å². The molecule has 0 saturated carbocycles. The lowest BCUT2D eigenvalue weighted by Gasteiger charge is -2.24. The van der Waals surface area contributed by atoms with Crippen LogP contribution >= 0.6 is 8.18 Å². The SMILES string of the molecule is CC(C(=O)OCCCC(=O)OCc1ccccc1)N(Oc1ccccc1)[P+](=O)OC[C@H]1O[C@@H](n2ccc(=O)[nH]c2=O)[C@](C)(F)[C@@H]1O. The van der Waals surface area contributed by atoms with Gasteiger partial charge in [-0.3, -0.25) is 23.9 Å². The zero-order valence-electron chi connectivity index (χ0n) is 25.0. The lowest BCUT2D eigenvalue weighted by atomic mass is 9.98. The Hall–Kier alpha value is -4.27. The first-order valence-corrected chi connectivity index (χ1v) is 15.4. The van der Waals surface area contributed by atoms with Crippen molar-refractivity contribution < 1.29 is 47.2 Å². The summed E-state index contributed by atoms with van der Waals surface area (Å²) in [6, 6.07) is 16.9. The summed E-state index contributed by atoms with van der Waals surface area (Å²) in [5.41, 5.74) is -3.33.